The predicted octanol–water partition coefficient (Wildman–Crippen LogP) is 3.61. The van der Waals surface area contributed by atoms with Crippen LogP contribution in [0.5, 0.6) is 0 Å². The van der Waals surface area contributed by atoms with Crippen LogP contribution in [0, 0.1) is 6.92 Å². The second kappa shape index (κ2) is 6.17. The number of rotatable bonds is 3. The first-order chi connectivity index (χ1) is 8.16. The van der Waals surface area contributed by atoms with Crippen molar-refractivity contribution < 1.29 is 4.79 Å². The summed E-state index contributed by atoms with van der Waals surface area (Å²) in [4.78, 5) is 12.1. The van der Waals surface area contributed by atoms with Gasteiger partial charge in [-0.05, 0) is 24.1 Å². The van der Waals surface area contributed by atoms with E-state index < -0.39 is 0 Å². The molecule has 1 aromatic carbocycles. The van der Waals surface area contributed by atoms with Crippen LogP contribution in [-0.2, 0) is 11.2 Å². The van der Waals surface area contributed by atoms with E-state index in [0.29, 0.717) is 17.2 Å². The number of aryl methyl sites for hydroxylation is 1. The van der Waals surface area contributed by atoms with Crippen molar-refractivity contribution in [3.8, 4) is 0 Å². The lowest BCUT2D eigenvalue weighted by molar-refractivity contribution is -0.117. The minimum atomic E-state index is 0.158. The van der Waals surface area contributed by atoms with Crippen LogP contribution in [-0.4, -0.2) is 28.3 Å². The van der Waals surface area contributed by atoms with E-state index in [2.05, 4.69) is 0 Å². The Labute approximate surface area is 116 Å². The molecule has 0 aliphatic carbocycles. The van der Waals surface area contributed by atoms with Crippen molar-refractivity contribution in [1.29, 1.82) is 0 Å². The molecule has 0 aromatic heterocycles. The van der Waals surface area contributed by atoms with E-state index in [1.807, 2.05) is 36.9 Å². The summed E-state index contributed by atoms with van der Waals surface area (Å²) in [6.45, 7) is 2.01. The van der Waals surface area contributed by atoms with Gasteiger partial charge in [0, 0.05) is 28.7 Å². The van der Waals surface area contributed by atoms with Crippen molar-refractivity contribution in [3.05, 3.63) is 34.3 Å². The van der Waals surface area contributed by atoms with Crippen LogP contribution in [0.3, 0.4) is 0 Å². The molecule has 0 bridgehead atoms. The zero-order valence-electron chi connectivity index (χ0n) is 9.74. The van der Waals surface area contributed by atoms with Gasteiger partial charge in [0.05, 0.1) is 5.25 Å². The van der Waals surface area contributed by atoms with Crippen LogP contribution >= 0.6 is 35.1 Å². The maximum absolute atomic E-state index is 12.1. The molecule has 1 heterocycles. The summed E-state index contributed by atoms with van der Waals surface area (Å²) < 4.78 is 0. The molecule has 0 spiro atoms. The molecule has 1 aromatic rings. The highest BCUT2D eigenvalue weighted by Gasteiger charge is 2.22. The molecule has 2 rings (SSSR count). The number of benzene rings is 1. The summed E-state index contributed by atoms with van der Waals surface area (Å²) >= 11 is 9.81. The minimum absolute atomic E-state index is 0.158. The predicted molar refractivity (Wildman–Crippen MR) is 78.5 cm³/mol. The van der Waals surface area contributed by atoms with Crippen molar-refractivity contribution >= 4 is 40.9 Å². The fourth-order valence-corrected chi connectivity index (χ4v) is 4.72. The molecule has 1 aliphatic rings. The molecule has 4 heteroatoms. The highest BCUT2D eigenvalue weighted by Crippen LogP contribution is 2.27. The average Bonchev–Trinajstić information content (AvgIpc) is 2.34. The fourth-order valence-electron chi connectivity index (χ4n) is 1.77. The van der Waals surface area contributed by atoms with Crippen molar-refractivity contribution in [3.63, 3.8) is 0 Å². The Morgan fingerprint density at radius 3 is 2.94 bits per heavy atom. The van der Waals surface area contributed by atoms with E-state index >= 15 is 0 Å². The standard InChI is InChI=1S/C13H15ClOS2/c1-9-2-3-10(11(14)6-9)7-12(15)13-8-16-4-5-17-13/h2-3,6,13H,4-5,7-8H2,1H3. The summed E-state index contributed by atoms with van der Waals surface area (Å²) in [6.07, 6.45) is 0.470. The monoisotopic (exact) mass is 286 g/mol. The molecule has 1 saturated heterocycles. The second-order valence-electron chi connectivity index (χ2n) is 4.17. The van der Waals surface area contributed by atoms with Gasteiger partial charge in [-0.15, -0.1) is 11.8 Å². The van der Waals surface area contributed by atoms with Gasteiger partial charge >= 0.3 is 0 Å². The van der Waals surface area contributed by atoms with Crippen molar-refractivity contribution in [2.24, 2.45) is 0 Å². The molecule has 1 fully saturated rings. The number of thioether (sulfide) groups is 2. The van der Waals surface area contributed by atoms with Crippen LogP contribution in [0.15, 0.2) is 18.2 Å². The summed E-state index contributed by atoms with van der Waals surface area (Å²) in [5, 5.41) is 0.873. The van der Waals surface area contributed by atoms with Gasteiger partial charge in [-0.1, -0.05) is 23.7 Å². The number of Topliss-reactive ketones (excluding diaryl/α,β-unsaturated/α-hetero) is 1. The highest BCUT2D eigenvalue weighted by atomic mass is 35.5. The Kier molecular flexibility index (Phi) is 4.83. The molecular formula is C13H15ClOS2. The molecule has 0 saturated carbocycles. The second-order valence-corrected chi connectivity index (χ2v) is 7.04. The van der Waals surface area contributed by atoms with Crippen molar-refractivity contribution in [2.75, 3.05) is 17.3 Å². The first kappa shape index (κ1) is 13.3. The lowest BCUT2D eigenvalue weighted by Crippen LogP contribution is -2.25. The fraction of sp³-hybridized carbons (Fsp3) is 0.462. The number of hydrogen-bond acceptors (Lipinski definition) is 3. The summed E-state index contributed by atoms with van der Waals surface area (Å²) in [7, 11) is 0. The van der Waals surface area contributed by atoms with Gasteiger partial charge < -0.3 is 0 Å². The number of ketones is 1. The summed E-state index contributed by atoms with van der Waals surface area (Å²) in [6, 6.07) is 5.90. The van der Waals surface area contributed by atoms with Gasteiger partial charge in [0.1, 0.15) is 0 Å². The average molecular weight is 287 g/mol. The Hall–Kier alpha value is -0.120. The number of carbonyl (C=O) groups excluding carboxylic acids is 1. The van der Waals surface area contributed by atoms with Gasteiger partial charge in [0.15, 0.2) is 5.78 Å². The molecule has 0 amide bonds. The molecule has 0 radical (unpaired) electrons. The number of hydrogen-bond donors (Lipinski definition) is 0. The van der Waals surface area contributed by atoms with E-state index in [1.54, 1.807) is 11.8 Å². The Morgan fingerprint density at radius 1 is 1.47 bits per heavy atom. The third-order valence-electron chi connectivity index (χ3n) is 2.75. The molecule has 1 aliphatic heterocycles. The molecule has 1 atom stereocenters. The van der Waals surface area contributed by atoms with E-state index in [0.717, 1.165) is 22.6 Å². The van der Waals surface area contributed by atoms with Crippen LogP contribution in [0.25, 0.3) is 0 Å². The molecule has 17 heavy (non-hydrogen) atoms. The van der Waals surface area contributed by atoms with Gasteiger partial charge in [-0.2, -0.15) is 11.8 Å². The van der Waals surface area contributed by atoms with E-state index in [9.17, 15) is 4.79 Å². The number of halogens is 1. The normalized spacial score (nSPS) is 20.2. The third-order valence-corrected chi connectivity index (χ3v) is 5.90. The zero-order chi connectivity index (χ0) is 12.3. The van der Waals surface area contributed by atoms with Crippen molar-refractivity contribution in [1.82, 2.24) is 0 Å². The van der Waals surface area contributed by atoms with E-state index in [4.69, 9.17) is 11.6 Å². The Balaban J connectivity index is 2.02. The molecule has 0 N–H and O–H groups in total. The van der Waals surface area contributed by atoms with Gasteiger partial charge in [0.2, 0.25) is 0 Å². The van der Waals surface area contributed by atoms with Crippen LogP contribution in [0.2, 0.25) is 5.02 Å². The number of carbonyl (C=O) groups is 1. The molecule has 92 valence electrons. The van der Waals surface area contributed by atoms with Crippen LogP contribution < -0.4 is 0 Å². The molecule has 1 nitrogen and oxygen atoms in total. The quantitative estimate of drug-likeness (QED) is 0.845. The Morgan fingerprint density at radius 2 is 2.29 bits per heavy atom. The van der Waals surface area contributed by atoms with Gasteiger partial charge in [-0.3, -0.25) is 4.79 Å². The topological polar surface area (TPSA) is 17.1 Å². The lowest BCUT2D eigenvalue weighted by Gasteiger charge is -2.19. The minimum Gasteiger partial charge on any atom is -0.298 e. The maximum atomic E-state index is 12.1. The largest absolute Gasteiger partial charge is 0.298 e. The molecule has 1 unspecified atom stereocenters. The maximum Gasteiger partial charge on any atom is 0.151 e. The van der Waals surface area contributed by atoms with E-state index in [-0.39, 0.29) is 5.25 Å². The van der Waals surface area contributed by atoms with Crippen molar-refractivity contribution in [2.45, 2.75) is 18.6 Å². The van der Waals surface area contributed by atoms with Gasteiger partial charge in [-0.25, -0.2) is 0 Å². The smallest absolute Gasteiger partial charge is 0.151 e. The first-order valence-electron chi connectivity index (χ1n) is 5.64. The highest BCUT2D eigenvalue weighted by molar-refractivity contribution is 8.07. The van der Waals surface area contributed by atoms with Gasteiger partial charge in [0.25, 0.3) is 0 Å². The van der Waals surface area contributed by atoms with Crippen LogP contribution in [0.4, 0.5) is 0 Å². The zero-order valence-corrected chi connectivity index (χ0v) is 12.1. The van der Waals surface area contributed by atoms with E-state index in [1.165, 1.54) is 5.75 Å². The lowest BCUT2D eigenvalue weighted by atomic mass is 10.1. The summed E-state index contributed by atoms with van der Waals surface area (Å²) in [5.74, 6) is 3.52. The van der Waals surface area contributed by atoms with Crippen LogP contribution in [0.1, 0.15) is 11.1 Å². The summed E-state index contributed by atoms with van der Waals surface area (Å²) in [5.41, 5.74) is 2.09. The molecular weight excluding hydrogens is 272 g/mol. The first-order valence-corrected chi connectivity index (χ1v) is 8.22. The Bertz CT molecular complexity index is 414. The SMILES string of the molecule is Cc1ccc(CC(=O)C2CSCCS2)c(Cl)c1. The third kappa shape index (κ3) is 3.67.